The molecular weight excluding hydrogens is 304 g/mol. The standard InChI is InChI=1S/C14H18N4O3S/c1-2-22(20,21)18-9-7-17(8-10-18)14(19)13-11-5-3-4-6-12(11)15-16-13/h3-6H,2,7-10H2,1H3,(H,15,16). The summed E-state index contributed by atoms with van der Waals surface area (Å²) in [6, 6.07) is 7.46. The molecule has 1 aliphatic heterocycles. The maximum absolute atomic E-state index is 12.6. The van der Waals surface area contributed by atoms with Crippen LogP contribution in [0.2, 0.25) is 0 Å². The van der Waals surface area contributed by atoms with Crippen molar-refractivity contribution in [3.05, 3.63) is 30.0 Å². The van der Waals surface area contributed by atoms with Crippen LogP contribution in [0.5, 0.6) is 0 Å². The Hall–Kier alpha value is -1.93. The van der Waals surface area contributed by atoms with E-state index in [9.17, 15) is 13.2 Å². The van der Waals surface area contributed by atoms with Crippen molar-refractivity contribution in [3.8, 4) is 0 Å². The van der Waals surface area contributed by atoms with Gasteiger partial charge in [-0.15, -0.1) is 0 Å². The third kappa shape index (κ3) is 2.59. The first kappa shape index (κ1) is 15.0. The lowest BCUT2D eigenvalue weighted by Gasteiger charge is -2.33. The van der Waals surface area contributed by atoms with Crippen molar-refractivity contribution in [1.82, 2.24) is 19.4 Å². The fourth-order valence-electron chi connectivity index (χ4n) is 2.63. The molecule has 0 bridgehead atoms. The van der Waals surface area contributed by atoms with Crippen LogP contribution in [0, 0.1) is 0 Å². The topological polar surface area (TPSA) is 86.4 Å². The van der Waals surface area contributed by atoms with Crippen LogP contribution in [0.4, 0.5) is 0 Å². The van der Waals surface area contributed by atoms with Gasteiger partial charge in [0.25, 0.3) is 5.91 Å². The number of aromatic nitrogens is 2. The predicted molar refractivity (Wildman–Crippen MR) is 83.0 cm³/mol. The highest BCUT2D eigenvalue weighted by molar-refractivity contribution is 7.89. The van der Waals surface area contributed by atoms with Gasteiger partial charge in [0, 0.05) is 31.6 Å². The molecule has 1 amide bonds. The molecule has 2 aromatic rings. The van der Waals surface area contributed by atoms with Gasteiger partial charge in [0.15, 0.2) is 5.69 Å². The first-order chi connectivity index (χ1) is 10.5. The molecule has 3 rings (SSSR count). The molecule has 1 N–H and O–H groups in total. The molecule has 0 aliphatic carbocycles. The van der Waals surface area contributed by atoms with Crippen molar-refractivity contribution >= 4 is 26.8 Å². The van der Waals surface area contributed by atoms with E-state index in [4.69, 9.17) is 0 Å². The number of fused-ring (bicyclic) bond motifs is 1. The zero-order valence-electron chi connectivity index (χ0n) is 12.3. The highest BCUT2D eigenvalue weighted by Gasteiger charge is 2.29. The van der Waals surface area contributed by atoms with Gasteiger partial charge in [-0.1, -0.05) is 18.2 Å². The Labute approximate surface area is 129 Å². The molecule has 1 aliphatic rings. The van der Waals surface area contributed by atoms with Gasteiger partial charge in [-0.2, -0.15) is 9.40 Å². The van der Waals surface area contributed by atoms with Crippen molar-refractivity contribution in [3.63, 3.8) is 0 Å². The van der Waals surface area contributed by atoms with Crippen LogP contribution in [0.25, 0.3) is 10.9 Å². The Balaban J connectivity index is 1.75. The first-order valence-electron chi connectivity index (χ1n) is 7.23. The highest BCUT2D eigenvalue weighted by Crippen LogP contribution is 2.18. The number of H-pyrrole nitrogens is 1. The number of sulfonamides is 1. The van der Waals surface area contributed by atoms with E-state index in [2.05, 4.69) is 10.2 Å². The monoisotopic (exact) mass is 322 g/mol. The van der Waals surface area contributed by atoms with E-state index in [-0.39, 0.29) is 11.7 Å². The molecule has 0 atom stereocenters. The summed E-state index contributed by atoms with van der Waals surface area (Å²) in [7, 11) is -3.19. The maximum atomic E-state index is 12.6. The minimum atomic E-state index is -3.19. The van der Waals surface area contributed by atoms with E-state index < -0.39 is 10.0 Å². The highest BCUT2D eigenvalue weighted by atomic mass is 32.2. The molecule has 1 aromatic carbocycles. The van der Waals surface area contributed by atoms with Gasteiger partial charge >= 0.3 is 0 Å². The van der Waals surface area contributed by atoms with Crippen molar-refractivity contribution in [2.75, 3.05) is 31.9 Å². The lowest BCUT2D eigenvalue weighted by atomic mass is 10.2. The normalized spacial score (nSPS) is 17.0. The number of rotatable bonds is 3. The fourth-order valence-corrected chi connectivity index (χ4v) is 3.71. The zero-order valence-corrected chi connectivity index (χ0v) is 13.1. The van der Waals surface area contributed by atoms with Crippen molar-refractivity contribution < 1.29 is 13.2 Å². The summed E-state index contributed by atoms with van der Waals surface area (Å²) >= 11 is 0. The van der Waals surface area contributed by atoms with Crippen LogP contribution in [-0.4, -0.2) is 65.7 Å². The average Bonchev–Trinajstić information content (AvgIpc) is 2.98. The van der Waals surface area contributed by atoms with Crippen LogP contribution in [0.3, 0.4) is 0 Å². The van der Waals surface area contributed by atoms with Crippen LogP contribution >= 0.6 is 0 Å². The van der Waals surface area contributed by atoms with E-state index in [1.165, 1.54) is 4.31 Å². The molecular formula is C14H18N4O3S. The third-order valence-corrected chi connectivity index (χ3v) is 5.84. The molecule has 118 valence electrons. The number of carbonyl (C=O) groups excluding carboxylic acids is 1. The Morgan fingerprint density at radius 2 is 1.91 bits per heavy atom. The SMILES string of the molecule is CCS(=O)(=O)N1CCN(C(=O)c2n[nH]c3ccccc23)CC1. The molecule has 1 aromatic heterocycles. The second-order valence-electron chi connectivity index (χ2n) is 5.21. The minimum Gasteiger partial charge on any atom is -0.335 e. The van der Waals surface area contributed by atoms with Gasteiger partial charge in [0.1, 0.15) is 0 Å². The number of para-hydroxylation sites is 1. The summed E-state index contributed by atoms with van der Waals surface area (Å²) in [4.78, 5) is 14.2. The van der Waals surface area contributed by atoms with Crippen LogP contribution < -0.4 is 0 Å². The third-order valence-electron chi connectivity index (χ3n) is 3.96. The van der Waals surface area contributed by atoms with Gasteiger partial charge in [-0.05, 0) is 13.0 Å². The molecule has 0 unspecified atom stereocenters. The molecule has 8 heteroatoms. The smallest absolute Gasteiger partial charge is 0.275 e. The number of benzene rings is 1. The lowest BCUT2D eigenvalue weighted by Crippen LogP contribution is -2.51. The molecule has 2 heterocycles. The van der Waals surface area contributed by atoms with Gasteiger partial charge in [-0.3, -0.25) is 9.89 Å². The van der Waals surface area contributed by atoms with Crippen LogP contribution in [-0.2, 0) is 10.0 Å². The van der Waals surface area contributed by atoms with Crippen molar-refractivity contribution in [2.45, 2.75) is 6.92 Å². The molecule has 22 heavy (non-hydrogen) atoms. The van der Waals surface area contributed by atoms with E-state index in [1.807, 2.05) is 24.3 Å². The summed E-state index contributed by atoms with van der Waals surface area (Å²) in [6.45, 7) is 3.08. The minimum absolute atomic E-state index is 0.0882. The number of carbonyl (C=O) groups is 1. The number of nitrogens with zero attached hydrogens (tertiary/aromatic N) is 3. The summed E-state index contributed by atoms with van der Waals surface area (Å²) in [5.74, 6) is -0.0729. The van der Waals surface area contributed by atoms with E-state index in [0.29, 0.717) is 31.9 Å². The molecule has 0 radical (unpaired) electrons. The Kier molecular flexibility index (Phi) is 3.88. The lowest BCUT2D eigenvalue weighted by molar-refractivity contribution is 0.0694. The number of hydrogen-bond donors (Lipinski definition) is 1. The molecule has 0 saturated carbocycles. The second-order valence-corrected chi connectivity index (χ2v) is 7.47. The molecule has 7 nitrogen and oxygen atoms in total. The van der Waals surface area contributed by atoms with Crippen LogP contribution in [0.1, 0.15) is 17.4 Å². The Bertz CT molecular complexity index is 791. The first-order valence-corrected chi connectivity index (χ1v) is 8.84. The van der Waals surface area contributed by atoms with Crippen molar-refractivity contribution in [2.24, 2.45) is 0 Å². The fraction of sp³-hybridized carbons (Fsp3) is 0.429. The number of amides is 1. The summed E-state index contributed by atoms with van der Waals surface area (Å²) < 4.78 is 25.1. The van der Waals surface area contributed by atoms with E-state index >= 15 is 0 Å². The summed E-state index contributed by atoms with van der Waals surface area (Å²) in [6.07, 6.45) is 0. The largest absolute Gasteiger partial charge is 0.335 e. The maximum Gasteiger partial charge on any atom is 0.275 e. The van der Waals surface area contributed by atoms with Gasteiger partial charge in [0.05, 0.1) is 11.3 Å². The molecule has 0 spiro atoms. The van der Waals surface area contributed by atoms with E-state index in [1.54, 1.807) is 11.8 Å². The number of nitrogens with one attached hydrogen (secondary N) is 1. The van der Waals surface area contributed by atoms with Crippen LogP contribution in [0.15, 0.2) is 24.3 Å². The Morgan fingerprint density at radius 1 is 1.23 bits per heavy atom. The van der Waals surface area contributed by atoms with Gasteiger partial charge in [-0.25, -0.2) is 8.42 Å². The average molecular weight is 322 g/mol. The molecule has 1 saturated heterocycles. The summed E-state index contributed by atoms with van der Waals surface area (Å²) in [5, 5.41) is 7.74. The second kappa shape index (κ2) is 5.69. The summed E-state index contributed by atoms with van der Waals surface area (Å²) in [5.41, 5.74) is 1.21. The van der Waals surface area contributed by atoms with Gasteiger partial charge < -0.3 is 4.90 Å². The molecule has 1 fully saturated rings. The number of piperazine rings is 1. The Morgan fingerprint density at radius 3 is 2.59 bits per heavy atom. The predicted octanol–water partition coefficient (Wildman–Crippen LogP) is 0.670. The number of hydrogen-bond acceptors (Lipinski definition) is 4. The van der Waals surface area contributed by atoms with E-state index in [0.717, 1.165) is 10.9 Å². The van der Waals surface area contributed by atoms with Crippen molar-refractivity contribution in [1.29, 1.82) is 0 Å². The number of aromatic amines is 1. The quantitative estimate of drug-likeness (QED) is 0.900. The van der Waals surface area contributed by atoms with Gasteiger partial charge in [0.2, 0.25) is 10.0 Å². The zero-order chi connectivity index (χ0) is 15.7.